The molecule has 3 saturated carbocycles. The fraction of sp³-hybridized carbons (Fsp3) is 0.611. The monoisotopic (exact) mass is 640 g/mol. The molecule has 3 aliphatic carbocycles. The number of ether oxygens (including phenoxy) is 1. The van der Waals surface area contributed by atoms with Crippen molar-refractivity contribution < 1.29 is 22.9 Å². The van der Waals surface area contributed by atoms with Crippen LogP contribution in [0.4, 0.5) is 4.39 Å². The molecule has 0 aromatic heterocycles. The minimum atomic E-state index is -0.371. The molecule has 1 amide bonds. The average Bonchev–Trinajstić information content (AvgIpc) is 3.65. The molecule has 45 heavy (non-hydrogen) atoms. The zero-order valence-electron chi connectivity index (χ0n) is 27.2. The number of amides is 1. The first-order valence-corrected chi connectivity index (χ1v) is 17.2. The third-order valence-electron chi connectivity index (χ3n) is 9.79. The van der Waals surface area contributed by atoms with Gasteiger partial charge in [0.1, 0.15) is 17.3 Å². The molecular formula is C36H51FN3O4S+. The Labute approximate surface area is 273 Å². The third kappa shape index (κ3) is 9.38. The molecule has 0 bridgehead atoms. The molecular weight excluding hydrogens is 589 g/mol. The summed E-state index contributed by atoms with van der Waals surface area (Å²) in [6.07, 6.45) is 13.8. The summed E-state index contributed by atoms with van der Waals surface area (Å²) >= 11 is 3.47. The van der Waals surface area contributed by atoms with Gasteiger partial charge in [0.2, 0.25) is 11.9 Å². The van der Waals surface area contributed by atoms with Gasteiger partial charge in [-0.05, 0) is 105 Å². The number of hydrogen-bond donors (Lipinski definition) is 3. The van der Waals surface area contributed by atoms with Crippen LogP contribution in [0.15, 0.2) is 36.4 Å². The highest BCUT2D eigenvalue weighted by molar-refractivity contribution is 7.73. The zero-order valence-corrected chi connectivity index (χ0v) is 28.1. The lowest BCUT2D eigenvalue weighted by Gasteiger charge is -2.38. The number of nitrogens with one attached hydrogen (secondary N) is 1. The highest BCUT2D eigenvalue weighted by Gasteiger charge is 2.44. The molecule has 0 radical (unpaired) electrons. The molecule has 1 heterocycles. The highest BCUT2D eigenvalue weighted by Crippen LogP contribution is 2.45. The number of halogens is 1. The Morgan fingerprint density at radius 1 is 1.07 bits per heavy atom. The number of nitrogens with zero attached hydrogens (tertiary/aromatic N) is 1. The normalized spacial score (nSPS) is 20.4. The number of hydrogen-bond acceptors (Lipinski definition) is 5. The molecule has 3 N–H and O–H groups in total. The van der Waals surface area contributed by atoms with Crippen LogP contribution in [-0.2, 0) is 16.0 Å². The van der Waals surface area contributed by atoms with E-state index in [2.05, 4.69) is 18.1 Å². The molecule has 6 rings (SSSR count). The summed E-state index contributed by atoms with van der Waals surface area (Å²) in [6, 6.07) is 11.0. The van der Waals surface area contributed by atoms with Crippen molar-refractivity contribution in [3.05, 3.63) is 58.2 Å². The van der Waals surface area contributed by atoms with Gasteiger partial charge in [-0.2, -0.15) is 0 Å². The Morgan fingerprint density at radius 2 is 1.76 bits per heavy atom. The molecule has 4 fully saturated rings. The number of carbonyl (C=O) groups excluding carboxylic acids is 2. The lowest BCUT2D eigenvalue weighted by molar-refractivity contribution is -0.405. The summed E-state index contributed by atoms with van der Waals surface area (Å²) < 4.78 is 21.7. The molecule has 1 atom stereocenters. The van der Waals surface area contributed by atoms with Crippen molar-refractivity contribution in [3.63, 3.8) is 0 Å². The van der Waals surface area contributed by atoms with Crippen molar-refractivity contribution in [1.29, 1.82) is 0 Å². The lowest BCUT2D eigenvalue weighted by atomic mass is 9.74. The van der Waals surface area contributed by atoms with Gasteiger partial charge in [0.25, 0.3) is 0 Å². The maximum Gasteiger partial charge on any atom is 0.221 e. The van der Waals surface area contributed by atoms with E-state index < -0.39 is 0 Å². The first-order chi connectivity index (χ1) is 21.5. The standard InChI is InChI=1S/C23H26FNO2.C10H17NO.C3H8NOS/c24-20-10-4-9-18(23(20)16-5-3-6-16)19-13-15(14-22(25)26)11-12-21(19)27-17-7-1-2-8-17;1-2-9(12)8-6-10(11-7-8)4-3-5-10;1-3(2)4(5)6/h4,9-13,16-17H,1-3,5-8,14H2,(H2,25,26);8,11H,2-7H2,1H3;3H,1-2H3,(H,5,6)/q;;+1. The smallest absolute Gasteiger partial charge is 0.221 e. The Morgan fingerprint density at radius 3 is 2.27 bits per heavy atom. The van der Waals surface area contributed by atoms with E-state index in [1.54, 1.807) is 26.0 Å². The van der Waals surface area contributed by atoms with Crippen molar-refractivity contribution in [2.24, 2.45) is 11.7 Å². The third-order valence-corrected chi connectivity index (χ3v) is 10.3. The summed E-state index contributed by atoms with van der Waals surface area (Å²) in [7, 11) is 0. The van der Waals surface area contributed by atoms with Gasteiger partial charge in [-0.1, -0.05) is 31.5 Å². The van der Waals surface area contributed by atoms with Crippen LogP contribution in [0.1, 0.15) is 115 Å². The summed E-state index contributed by atoms with van der Waals surface area (Å²) in [4.78, 5) is 32.7. The predicted molar refractivity (Wildman–Crippen MR) is 180 cm³/mol. The van der Waals surface area contributed by atoms with Crippen LogP contribution in [0.5, 0.6) is 5.75 Å². The van der Waals surface area contributed by atoms with E-state index in [-0.39, 0.29) is 36.2 Å². The molecule has 1 saturated heterocycles. The molecule has 4 aliphatic rings. The minimum absolute atomic E-state index is 0.00617. The van der Waals surface area contributed by atoms with E-state index >= 15 is 0 Å². The molecule has 9 heteroatoms. The fourth-order valence-electron chi connectivity index (χ4n) is 6.73. The molecule has 1 aliphatic heterocycles. The van der Waals surface area contributed by atoms with Crippen LogP contribution in [0.3, 0.4) is 0 Å². The summed E-state index contributed by atoms with van der Waals surface area (Å²) in [5.41, 5.74) is 9.17. The largest absolute Gasteiger partial charge is 0.490 e. The highest BCUT2D eigenvalue weighted by atomic mass is 32.1. The van der Waals surface area contributed by atoms with Gasteiger partial charge in [0.15, 0.2) is 12.8 Å². The second-order valence-corrected chi connectivity index (χ2v) is 13.9. The number of nitrogens with two attached hydrogens (primary N) is 1. The quantitative estimate of drug-likeness (QED) is 0.193. The number of primary amides is 1. The number of benzene rings is 2. The fourth-order valence-corrected chi connectivity index (χ4v) is 6.73. The molecule has 1 unspecified atom stereocenters. The molecule has 2 aromatic carbocycles. The molecule has 1 spiro atoms. The van der Waals surface area contributed by atoms with Crippen LogP contribution in [-0.4, -0.2) is 40.1 Å². The van der Waals surface area contributed by atoms with E-state index in [4.69, 9.17) is 10.5 Å². The Kier molecular flexibility index (Phi) is 12.6. The number of rotatable bonds is 9. The van der Waals surface area contributed by atoms with Gasteiger partial charge in [0.05, 0.1) is 16.7 Å². The van der Waals surface area contributed by atoms with E-state index in [1.165, 1.54) is 32.1 Å². The average molecular weight is 641 g/mol. The maximum absolute atomic E-state index is 14.7. The number of carbonyl (C=O) groups is 2. The first-order valence-electron chi connectivity index (χ1n) is 16.8. The van der Waals surface area contributed by atoms with Gasteiger partial charge in [-0.25, -0.2) is 4.39 Å². The van der Waals surface area contributed by atoms with Crippen molar-refractivity contribution in [2.75, 3.05) is 6.54 Å². The van der Waals surface area contributed by atoms with Crippen molar-refractivity contribution in [2.45, 2.75) is 128 Å². The molecule has 7 nitrogen and oxygen atoms in total. The number of nitroso groups, excluding NO2 is 1. The van der Waals surface area contributed by atoms with E-state index in [0.29, 0.717) is 27.8 Å². The van der Waals surface area contributed by atoms with Crippen LogP contribution in [0.2, 0.25) is 0 Å². The predicted octanol–water partition coefficient (Wildman–Crippen LogP) is 7.63. The Hall–Kier alpha value is -2.78. The topological polar surface area (TPSA) is 102 Å². The second-order valence-electron chi connectivity index (χ2n) is 13.5. The SMILES string of the molecule is CC(C)[N+](=O)S.CCC(=O)C1CNC2(CCC2)C1.NC(=O)Cc1ccc(OC2CCCC2)c(-c2cccc(F)c2C2CCC2)c1. The van der Waals surface area contributed by atoms with Gasteiger partial charge < -0.3 is 15.8 Å². The number of Topliss-reactive ketones (excluding diaryl/α,β-unsaturated/α-hetero) is 1. The molecule has 2 aromatic rings. The van der Waals surface area contributed by atoms with E-state index in [0.717, 1.165) is 73.1 Å². The summed E-state index contributed by atoms with van der Waals surface area (Å²) in [5, 5.41) is 3.51. The van der Waals surface area contributed by atoms with E-state index in [1.807, 2.05) is 31.2 Å². The van der Waals surface area contributed by atoms with Crippen LogP contribution in [0.25, 0.3) is 11.1 Å². The first kappa shape index (κ1) is 35.1. The van der Waals surface area contributed by atoms with Crippen LogP contribution >= 0.6 is 12.8 Å². The number of thiol groups is 1. The second kappa shape index (κ2) is 16.2. The van der Waals surface area contributed by atoms with E-state index in [9.17, 15) is 18.9 Å². The zero-order chi connectivity index (χ0) is 32.6. The lowest BCUT2D eigenvalue weighted by Crippen LogP contribution is -2.45. The maximum atomic E-state index is 14.7. The number of ketones is 1. The molecule has 246 valence electrons. The Balaban J connectivity index is 0.000000210. The van der Waals surface area contributed by atoms with Crippen molar-refractivity contribution in [3.8, 4) is 16.9 Å². The van der Waals surface area contributed by atoms with Gasteiger partial charge in [-0.3, -0.25) is 9.59 Å². The summed E-state index contributed by atoms with van der Waals surface area (Å²) in [5.74, 6) is 1.30. The van der Waals surface area contributed by atoms with Crippen LogP contribution < -0.4 is 15.8 Å². The minimum Gasteiger partial charge on any atom is -0.490 e. The summed E-state index contributed by atoms with van der Waals surface area (Å²) in [6.45, 7) is 6.46. The van der Waals surface area contributed by atoms with Crippen molar-refractivity contribution in [1.82, 2.24) is 5.32 Å². The van der Waals surface area contributed by atoms with Gasteiger partial charge in [-0.15, -0.1) is 0 Å². The van der Waals surface area contributed by atoms with Gasteiger partial charge in [0, 0.05) is 48.7 Å². The Bertz CT molecular complexity index is 1340. The van der Waals surface area contributed by atoms with Crippen LogP contribution in [0, 0.1) is 16.6 Å². The van der Waals surface area contributed by atoms with Gasteiger partial charge >= 0.3 is 0 Å². The van der Waals surface area contributed by atoms with Crippen molar-refractivity contribution >= 4 is 24.5 Å².